The van der Waals surface area contributed by atoms with Crippen LogP contribution in [0.1, 0.15) is 36.4 Å². The summed E-state index contributed by atoms with van der Waals surface area (Å²) in [5.41, 5.74) is 2.28. The summed E-state index contributed by atoms with van der Waals surface area (Å²) in [4.78, 5) is 14.4. The fourth-order valence-electron chi connectivity index (χ4n) is 3.49. The van der Waals surface area contributed by atoms with Gasteiger partial charge in [0.05, 0.1) is 13.1 Å². The fourth-order valence-corrected chi connectivity index (χ4v) is 3.49. The minimum absolute atomic E-state index is 0.0123. The molecular formula is C20H24NO+. The molecule has 1 aliphatic rings. The number of carbonyl (C=O) groups is 1. The van der Waals surface area contributed by atoms with E-state index in [-0.39, 0.29) is 6.04 Å². The van der Waals surface area contributed by atoms with Gasteiger partial charge in [0.15, 0.2) is 11.8 Å². The molecule has 1 atom stereocenters. The Bertz CT molecular complexity index is 588. The minimum Gasteiger partial charge on any atom is -0.322 e. The number of hydrogen-bond donors (Lipinski definition) is 1. The molecule has 0 aromatic heterocycles. The highest BCUT2D eigenvalue weighted by molar-refractivity contribution is 5.86. The maximum absolute atomic E-state index is 13.0. The Hall–Kier alpha value is -1.93. The summed E-state index contributed by atoms with van der Waals surface area (Å²) in [7, 11) is 0. The summed E-state index contributed by atoms with van der Waals surface area (Å²) >= 11 is 0. The molecule has 3 rings (SSSR count). The Morgan fingerprint density at radius 3 is 2.09 bits per heavy atom. The summed E-state index contributed by atoms with van der Waals surface area (Å²) in [6.45, 7) is 2.22. The van der Waals surface area contributed by atoms with E-state index in [0.717, 1.165) is 18.7 Å². The van der Waals surface area contributed by atoms with Crippen molar-refractivity contribution in [1.82, 2.24) is 0 Å². The van der Waals surface area contributed by atoms with Crippen LogP contribution >= 0.6 is 0 Å². The number of rotatable bonds is 5. The van der Waals surface area contributed by atoms with Crippen molar-refractivity contribution in [2.45, 2.75) is 31.7 Å². The van der Waals surface area contributed by atoms with Gasteiger partial charge in [0.1, 0.15) is 0 Å². The SMILES string of the molecule is O=C(Cc1ccccc1)[C@@H](c1ccccc1)[NH+]1CCCCC1. The molecule has 1 saturated heterocycles. The summed E-state index contributed by atoms with van der Waals surface area (Å²) in [5, 5.41) is 0. The predicted molar refractivity (Wildman–Crippen MR) is 88.9 cm³/mol. The molecule has 1 fully saturated rings. The van der Waals surface area contributed by atoms with Gasteiger partial charge in [0.25, 0.3) is 0 Å². The number of ketones is 1. The lowest BCUT2D eigenvalue weighted by Gasteiger charge is -2.31. The van der Waals surface area contributed by atoms with Crippen molar-refractivity contribution in [3.8, 4) is 0 Å². The van der Waals surface area contributed by atoms with Crippen LogP contribution in [-0.2, 0) is 11.2 Å². The van der Waals surface area contributed by atoms with E-state index in [2.05, 4.69) is 12.1 Å². The Labute approximate surface area is 132 Å². The molecule has 22 heavy (non-hydrogen) atoms. The third-order valence-electron chi connectivity index (χ3n) is 4.58. The Kier molecular flexibility index (Phi) is 5.02. The van der Waals surface area contributed by atoms with E-state index in [1.807, 2.05) is 48.5 Å². The maximum atomic E-state index is 13.0. The average molecular weight is 294 g/mol. The van der Waals surface area contributed by atoms with E-state index in [0.29, 0.717) is 12.2 Å². The van der Waals surface area contributed by atoms with Crippen LogP contribution in [-0.4, -0.2) is 18.9 Å². The number of quaternary nitrogens is 1. The highest BCUT2D eigenvalue weighted by atomic mass is 16.1. The average Bonchev–Trinajstić information content (AvgIpc) is 2.58. The van der Waals surface area contributed by atoms with Gasteiger partial charge in [-0.2, -0.15) is 0 Å². The van der Waals surface area contributed by atoms with E-state index < -0.39 is 0 Å². The Morgan fingerprint density at radius 2 is 1.45 bits per heavy atom. The molecule has 1 heterocycles. The predicted octanol–water partition coefficient (Wildman–Crippen LogP) is 2.61. The first-order valence-corrected chi connectivity index (χ1v) is 8.31. The van der Waals surface area contributed by atoms with Crippen molar-refractivity contribution < 1.29 is 9.69 Å². The molecule has 1 N–H and O–H groups in total. The van der Waals surface area contributed by atoms with Gasteiger partial charge >= 0.3 is 0 Å². The summed E-state index contributed by atoms with van der Waals surface area (Å²) in [5.74, 6) is 0.342. The van der Waals surface area contributed by atoms with Gasteiger partial charge in [0, 0.05) is 12.0 Å². The van der Waals surface area contributed by atoms with Crippen LogP contribution in [0.2, 0.25) is 0 Å². The quantitative estimate of drug-likeness (QED) is 0.899. The van der Waals surface area contributed by atoms with Gasteiger partial charge in [-0.3, -0.25) is 4.79 Å². The number of piperidine rings is 1. The number of carbonyl (C=O) groups excluding carboxylic acids is 1. The lowest BCUT2D eigenvalue weighted by molar-refractivity contribution is -0.926. The van der Waals surface area contributed by atoms with Crippen molar-refractivity contribution in [3.63, 3.8) is 0 Å². The van der Waals surface area contributed by atoms with E-state index in [1.165, 1.54) is 29.7 Å². The molecule has 2 aromatic rings. The standard InChI is InChI=1S/C20H23NO/c22-19(16-17-10-4-1-5-11-17)20(18-12-6-2-7-13-18)21-14-8-3-9-15-21/h1-2,4-7,10-13,20H,3,8-9,14-16H2/p+1/t20-/m1/s1. The highest BCUT2D eigenvalue weighted by Crippen LogP contribution is 2.15. The number of likely N-dealkylation sites (tertiary alicyclic amines) is 1. The maximum Gasteiger partial charge on any atom is 0.198 e. The van der Waals surface area contributed by atoms with Crippen LogP contribution in [0, 0.1) is 0 Å². The molecule has 0 bridgehead atoms. The molecule has 0 amide bonds. The molecule has 0 radical (unpaired) electrons. The first kappa shape index (κ1) is 15.0. The van der Waals surface area contributed by atoms with Crippen LogP contribution in [0.15, 0.2) is 60.7 Å². The second-order valence-electron chi connectivity index (χ2n) is 6.19. The molecule has 2 heteroatoms. The topological polar surface area (TPSA) is 21.5 Å². The third-order valence-corrected chi connectivity index (χ3v) is 4.58. The molecule has 2 nitrogen and oxygen atoms in total. The Balaban J connectivity index is 1.82. The normalized spacial score (nSPS) is 17.1. The zero-order valence-corrected chi connectivity index (χ0v) is 13.0. The van der Waals surface area contributed by atoms with Gasteiger partial charge in [-0.25, -0.2) is 0 Å². The zero-order chi connectivity index (χ0) is 15.2. The molecule has 0 aliphatic carbocycles. The first-order chi connectivity index (χ1) is 10.8. The van der Waals surface area contributed by atoms with Crippen LogP contribution in [0.4, 0.5) is 0 Å². The highest BCUT2D eigenvalue weighted by Gasteiger charge is 2.31. The number of Topliss-reactive ketones (excluding diaryl/α,β-unsaturated/α-hetero) is 1. The second-order valence-corrected chi connectivity index (χ2v) is 6.19. The molecule has 0 unspecified atom stereocenters. The van der Waals surface area contributed by atoms with Gasteiger partial charge in [-0.05, 0) is 24.8 Å². The second kappa shape index (κ2) is 7.37. The molecule has 0 spiro atoms. The number of benzene rings is 2. The first-order valence-electron chi connectivity index (χ1n) is 8.31. The minimum atomic E-state index is -0.0123. The molecule has 1 aliphatic heterocycles. The summed E-state index contributed by atoms with van der Waals surface area (Å²) in [6.07, 6.45) is 4.30. The van der Waals surface area contributed by atoms with Crippen LogP contribution in [0.3, 0.4) is 0 Å². The van der Waals surface area contributed by atoms with Crippen molar-refractivity contribution in [1.29, 1.82) is 0 Å². The molecular weight excluding hydrogens is 270 g/mol. The monoisotopic (exact) mass is 294 g/mol. The fraction of sp³-hybridized carbons (Fsp3) is 0.350. The van der Waals surface area contributed by atoms with Crippen molar-refractivity contribution in [3.05, 3.63) is 71.8 Å². The van der Waals surface area contributed by atoms with Gasteiger partial charge in [-0.15, -0.1) is 0 Å². The van der Waals surface area contributed by atoms with E-state index >= 15 is 0 Å². The number of hydrogen-bond acceptors (Lipinski definition) is 1. The van der Waals surface area contributed by atoms with Crippen LogP contribution in [0.25, 0.3) is 0 Å². The molecule has 0 saturated carbocycles. The summed E-state index contributed by atoms with van der Waals surface area (Å²) in [6, 6.07) is 20.4. The van der Waals surface area contributed by atoms with E-state index in [9.17, 15) is 4.79 Å². The van der Waals surface area contributed by atoms with Crippen molar-refractivity contribution in [2.75, 3.05) is 13.1 Å². The Morgan fingerprint density at radius 1 is 0.864 bits per heavy atom. The lowest BCUT2D eigenvalue weighted by atomic mass is 9.94. The molecule has 114 valence electrons. The van der Waals surface area contributed by atoms with E-state index in [4.69, 9.17) is 0 Å². The van der Waals surface area contributed by atoms with Crippen LogP contribution < -0.4 is 4.90 Å². The smallest absolute Gasteiger partial charge is 0.198 e. The summed E-state index contributed by atoms with van der Waals surface area (Å²) < 4.78 is 0. The van der Waals surface area contributed by atoms with Crippen LogP contribution in [0.5, 0.6) is 0 Å². The lowest BCUT2D eigenvalue weighted by Crippen LogP contribution is -3.14. The largest absolute Gasteiger partial charge is 0.322 e. The van der Waals surface area contributed by atoms with Crippen molar-refractivity contribution >= 4 is 5.78 Å². The van der Waals surface area contributed by atoms with Gasteiger partial charge < -0.3 is 4.90 Å². The van der Waals surface area contributed by atoms with Gasteiger partial charge in [0.2, 0.25) is 0 Å². The van der Waals surface area contributed by atoms with Crippen molar-refractivity contribution in [2.24, 2.45) is 0 Å². The zero-order valence-electron chi connectivity index (χ0n) is 13.0. The van der Waals surface area contributed by atoms with Gasteiger partial charge in [-0.1, -0.05) is 60.7 Å². The number of nitrogens with one attached hydrogen (secondary N) is 1. The van der Waals surface area contributed by atoms with E-state index in [1.54, 1.807) is 0 Å². The third kappa shape index (κ3) is 3.63. The molecule has 2 aromatic carbocycles.